The Hall–Kier alpha value is -2.64. The van der Waals surface area contributed by atoms with Gasteiger partial charge in [0.1, 0.15) is 5.69 Å². The fourth-order valence-electron chi connectivity index (χ4n) is 5.12. The molecule has 1 aromatic carbocycles. The summed E-state index contributed by atoms with van der Waals surface area (Å²) in [5.74, 6) is -0.130. The van der Waals surface area contributed by atoms with Crippen molar-refractivity contribution in [2.75, 3.05) is 19.6 Å². The zero-order valence-corrected chi connectivity index (χ0v) is 18.4. The number of carbonyl (C=O) groups excluding carboxylic acids is 1. The molecule has 1 atom stereocenters. The molecule has 1 unspecified atom stereocenters. The number of nitrogens with one attached hydrogen (secondary N) is 2. The van der Waals surface area contributed by atoms with E-state index < -0.39 is 0 Å². The molecule has 0 aliphatic carbocycles. The molecule has 1 spiro atoms. The van der Waals surface area contributed by atoms with Gasteiger partial charge in [-0.1, -0.05) is 18.2 Å². The van der Waals surface area contributed by atoms with Crippen LogP contribution in [0.5, 0.6) is 0 Å². The highest BCUT2D eigenvalue weighted by Crippen LogP contribution is 2.39. The van der Waals surface area contributed by atoms with Crippen molar-refractivity contribution < 1.29 is 9.53 Å². The van der Waals surface area contributed by atoms with E-state index in [-0.39, 0.29) is 17.6 Å². The van der Waals surface area contributed by atoms with Gasteiger partial charge in [-0.3, -0.25) is 14.4 Å². The van der Waals surface area contributed by atoms with Crippen LogP contribution in [0.3, 0.4) is 0 Å². The Kier molecular flexibility index (Phi) is 5.32. The van der Waals surface area contributed by atoms with E-state index in [9.17, 15) is 4.79 Å². The number of aromatic amines is 1. The number of piperidine rings is 1. The Morgan fingerprint density at radius 1 is 1.26 bits per heavy atom. The van der Waals surface area contributed by atoms with Crippen molar-refractivity contribution in [3.05, 3.63) is 53.5 Å². The minimum absolute atomic E-state index is 0.0217. The standard InChI is InChI=1S/C24H31N5O2/c1-17-20(19-5-3-4-6-21(19)26-17)16-29-13-10-24(11-14-29)9-7-18(31-24)15-25-23(30)22-8-12-28(2)27-22/h3-6,8,12,18,26H,7,9-11,13-16H2,1-2H3,(H,25,30). The summed E-state index contributed by atoms with van der Waals surface area (Å²) >= 11 is 0. The molecular formula is C24H31N5O2. The molecule has 2 saturated heterocycles. The summed E-state index contributed by atoms with van der Waals surface area (Å²) in [6.07, 6.45) is 6.07. The summed E-state index contributed by atoms with van der Waals surface area (Å²) in [5, 5.41) is 8.48. The SMILES string of the molecule is Cc1[nH]c2ccccc2c1CN1CCC2(CCC(CNC(=O)c3ccn(C)n3)O2)CC1. The van der Waals surface area contributed by atoms with Gasteiger partial charge in [0.2, 0.25) is 0 Å². The van der Waals surface area contributed by atoms with Gasteiger partial charge >= 0.3 is 0 Å². The summed E-state index contributed by atoms with van der Waals surface area (Å²) < 4.78 is 8.13. The highest BCUT2D eigenvalue weighted by Gasteiger charge is 2.42. The van der Waals surface area contributed by atoms with Crippen molar-refractivity contribution in [2.45, 2.75) is 50.9 Å². The van der Waals surface area contributed by atoms with E-state index in [0.29, 0.717) is 12.2 Å². The lowest BCUT2D eigenvalue weighted by atomic mass is 9.88. The minimum Gasteiger partial charge on any atom is -0.370 e. The van der Waals surface area contributed by atoms with E-state index in [2.05, 4.69) is 51.5 Å². The van der Waals surface area contributed by atoms with Crippen LogP contribution in [-0.2, 0) is 18.3 Å². The van der Waals surface area contributed by atoms with Gasteiger partial charge in [0.05, 0.1) is 11.7 Å². The molecular weight excluding hydrogens is 390 g/mol. The van der Waals surface area contributed by atoms with Gasteiger partial charge in [0.15, 0.2) is 0 Å². The topological polar surface area (TPSA) is 75.2 Å². The van der Waals surface area contributed by atoms with E-state index in [4.69, 9.17) is 4.74 Å². The average Bonchev–Trinajstić information content (AvgIpc) is 3.46. The molecule has 4 heterocycles. The number of rotatable bonds is 5. The smallest absolute Gasteiger partial charge is 0.271 e. The van der Waals surface area contributed by atoms with Gasteiger partial charge in [0, 0.05) is 56.0 Å². The summed E-state index contributed by atoms with van der Waals surface area (Å²) in [4.78, 5) is 18.3. The largest absolute Gasteiger partial charge is 0.370 e. The first-order valence-electron chi connectivity index (χ1n) is 11.3. The summed E-state index contributed by atoms with van der Waals surface area (Å²) in [5.41, 5.74) is 4.33. The molecule has 7 heteroatoms. The molecule has 5 rings (SSSR count). The van der Waals surface area contributed by atoms with E-state index in [1.165, 1.54) is 22.2 Å². The molecule has 7 nitrogen and oxygen atoms in total. The Morgan fingerprint density at radius 2 is 2.06 bits per heavy atom. The molecule has 164 valence electrons. The predicted octanol–water partition coefficient (Wildman–Crippen LogP) is 3.15. The third kappa shape index (κ3) is 4.12. The van der Waals surface area contributed by atoms with Crippen molar-refractivity contribution >= 4 is 16.8 Å². The molecule has 0 bridgehead atoms. The van der Waals surface area contributed by atoms with Crippen LogP contribution in [0.4, 0.5) is 0 Å². The van der Waals surface area contributed by atoms with Crippen LogP contribution < -0.4 is 5.32 Å². The quantitative estimate of drug-likeness (QED) is 0.664. The number of aryl methyl sites for hydroxylation is 2. The number of amides is 1. The number of fused-ring (bicyclic) bond motifs is 1. The summed E-state index contributed by atoms with van der Waals surface area (Å²) in [6.45, 7) is 5.80. The fourth-order valence-corrected chi connectivity index (χ4v) is 5.12. The molecule has 2 fully saturated rings. The number of hydrogen-bond donors (Lipinski definition) is 2. The van der Waals surface area contributed by atoms with Gasteiger partial charge in [0.25, 0.3) is 5.91 Å². The number of benzene rings is 1. The number of H-pyrrole nitrogens is 1. The predicted molar refractivity (Wildman–Crippen MR) is 120 cm³/mol. The fraction of sp³-hybridized carbons (Fsp3) is 0.500. The van der Waals surface area contributed by atoms with Crippen LogP contribution in [-0.4, -0.2) is 56.9 Å². The number of ether oxygens (including phenoxy) is 1. The third-order valence-electron chi connectivity index (χ3n) is 6.95. The van der Waals surface area contributed by atoms with Crippen LogP contribution in [0.25, 0.3) is 10.9 Å². The Bertz CT molecular complexity index is 1080. The lowest BCUT2D eigenvalue weighted by molar-refractivity contribution is -0.0764. The average molecular weight is 422 g/mol. The monoisotopic (exact) mass is 421 g/mol. The third-order valence-corrected chi connectivity index (χ3v) is 6.95. The van der Waals surface area contributed by atoms with Crippen molar-refractivity contribution in [3.8, 4) is 0 Å². The van der Waals surface area contributed by atoms with Crippen LogP contribution >= 0.6 is 0 Å². The van der Waals surface area contributed by atoms with Crippen LogP contribution in [0.2, 0.25) is 0 Å². The number of hydrogen-bond acceptors (Lipinski definition) is 4. The molecule has 3 aromatic rings. The number of likely N-dealkylation sites (tertiary alicyclic amines) is 1. The lowest BCUT2D eigenvalue weighted by Crippen LogP contribution is -2.45. The number of aromatic nitrogens is 3. The highest BCUT2D eigenvalue weighted by atomic mass is 16.5. The maximum Gasteiger partial charge on any atom is 0.271 e. The van der Waals surface area contributed by atoms with E-state index in [1.807, 2.05) is 7.05 Å². The first-order valence-corrected chi connectivity index (χ1v) is 11.3. The van der Waals surface area contributed by atoms with Crippen LogP contribution in [0.15, 0.2) is 36.5 Å². The second-order valence-corrected chi connectivity index (χ2v) is 9.10. The number of nitrogens with zero attached hydrogens (tertiary/aromatic N) is 3. The molecule has 0 radical (unpaired) electrons. The van der Waals surface area contributed by atoms with Gasteiger partial charge in [-0.15, -0.1) is 0 Å². The van der Waals surface area contributed by atoms with Crippen molar-refractivity contribution in [1.82, 2.24) is 25.0 Å². The Labute approximate surface area is 182 Å². The molecule has 2 N–H and O–H groups in total. The molecule has 2 aliphatic rings. The summed E-state index contributed by atoms with van der Waals surface area (Å²) in [7, 11) is 1.81. The zero-order valence-electron chi connectivity index (χ0n) is 18.4. The van der Waals surface area contributed by atoms with Gasteiger partial charge < -0.3 is 15.0 Å². The second-order valence-electron chi connectivity index (χ2n) is 9.10. The first-order chi connectivity index (χ1) is 15.0. The van der Waals surface area contributed by atoms with Gasteiger partial charge in [-0.05, 0) is 50.3 Å². The van der Waals surface area contributed by atoms with Crippen molar-refractivity contribution in [2.24, 2.45) is 7.05 Å². The molecule has 1 amide bonds. The van der Waals surface area contributed by atoms with Crippen LogP contribution in [0.1, 0.15) is 47.4 Å². The van der Waals surface area contributed by atoms with Crippen LogP contribution in [0, 0.1) is 6.92 Å². The summed E-state index contributed by atoms with van der Waals surface area (Å²) in [6, 6.07) is 10.3. The zero-order chi connectivity index (χ0) is 21.4. The molecule has 2 aliphatic heterocycles. The normalized spacial score (nSPS) is 21.2. The van der Waals surface area contributed by atoms with Gasteiger partial charge in [-0.2, -0.15) is 5.10 Å². The number of carbonyl (C=O) groups is 1. The van der Waals surface area contributed by atoms with Crippen molar-refractivity contribution in [3.63, 3.8) is 0 Å². The lowest BCUT2D eigenvalue weighted by Gasteiger charge is -2.39. The minimum atomic E-state index is -0.130. The Morgan fingerprint density at radius 3 is 2.84 bits per heavy atom. The maximum atomic E-state index is 12.2. The second kappa shape index (κ2) is 8.13. The van der Waals surface area contributed by atoms with Gasteiger partial charge in [-0.25, -0.2) is 0 Å². The molecule has 0 saturated carbocycles. The molecule has 2 aromatic heterocycles. The van der Waals surface area contributed by atoms with E-state index in [0.717, 1.165) is 45.3 Å². The Balaban J connectivity index is 1.13. The molecule has 31 heavy (non-hydrogen) atoms. The van der Waals surface area contributed by atoms with Crippen molar-refractivity contribution in [1.29, 1.82) is 0 Å². The highest BCUT2D eigenvalue weighted by molar-refractivity contribution is 5.92. The first kappa shape index (κ1) is 20.3. The van der Waals surface area contributed by atoms with E-state index >= 15 is 0 Å². The maximum absolute atomic E-state index is 12.2. The number of para-hydroxylation sites is 1. The van der Waals surface area contributed by atoms with E-state index in [1.54, 1.807) is 16.9 Å².